The van der Waals surface area contributed by atoms with E-state index in [-0.39, 0.29) is 11.5 Å². The standard InChI is InChI=1S/C21H22N4O2/c1-16-6-8-17(9-7-16)14-23-20(26)5-3-13-25-21(27)11-10-19(24-25)18-4-2-12-22-15-18/h2,4,6-12,15H,3,5,13-14H2,1H3,(H,23,26). The molecule has 2 aromatic heterocycles. The molecule has 3 aromatic rings. The van der Waals surface area contributed by atoms with Crippen molar-refractivity contribution in [3.8, 4) is 11.3 Å². The maximum absolute atomic E-state index is 12.0. The fourth-order valence-electron chi connectivity index (χ4n) is 2.66. The molecule has 0 saturated carbocycles. The lowest BCUT2D eigenvalue weighted by Gasteiger charge is -2.08. The molecule has 0 aliphatic rings. The van der Waals surface area contributed by atoms with Gasteiger partial charge >= 0.3 is 0 Å². The molecule has 6 nitrogen and oxygen atoms in total. The van der Waals surface area contributed by atoms with Gasteiger partial charge in [0.25, 0.3) is 5.56 Å². The second kappa shape index (κ2) is 8.89. The van der Waals surface area contributed by atoms with E-state index in [1.807, 2.05) is 43.3 Å². The van der Waals surface area contributed by atoms with Crippen molar-refractivity contribution >= 4 is 5.91 Å². The SMILES string of the molecule is Cc1ccc(CNC(=O)CCCn2nc(-c3cccnc3)ccc2=O)cc1. The zero-order chi connectivity index (χ0) is 19.1. The minimum atomic E-state index is -0.178. The number of carbonyl (C=O) groups excluding carboxylic acids is 1. The summed E-state index contributed by atoms with van der Waals surface area (Å²) in [5, 5.41) is 7.28. The van der Waals surface area contributed by atoms with Crippen molar-refractivity contribution < 1.29 is 4.79 Å². The summed E-state index contributed by atoms with van der Waals surface area (Å²) in [5.41, 5.74) is 3.61. The first-order valence-corrected chi connectivity index (χ1v) is 8.92. The Balaban J connectivity index is 1.51. The molecule has 0 aliphatic heterocycles. The third kappa shape index (κ3) is 5.34. The third-order valence-corrected chi connectivity index (χ3v) is 4.21. The first kappa shape index (κ1) is 18.5. The van der Waals surface area contributed by atoms with Crippen LogP contribution >= 0.6 is 0 Å². The second-order valence-electron chi connectivity index (χ2n) is 6.39. The van der Waals surface area contributed by atoms with Crippen molar-refractivity contribution in [2.45, 2.75) is 32.9 Å². The second-order valence-corrected chi connectivity index (χ2v) is 6.39. The zero-order valence-corrected chi connectivity index (χ0v) is 15.3. The summed E-state index contributed by atoms with van der Waals surface area (Å²) in [7, 11) is 0. The van der Waals surface area contributed by atoms with Crippen LogP contribution in [0.3, 0.4) is 0 Å². The van der Waals surface area contributed by atoms with Crippen LogP contribution in [-0.2, 0) is 17.9 Å². The van der Waals surface area contributed by atoms with Crippen LogP contribution in [0.5, 0.6) is 0 Å². The highest BCUT2D eigenvalue weighted by atomic mass is 16.1. The molecule has 138 valence electrons. The van der Waals surface area contributed by atoms with E-state index in [9.17, 15) is 9.59 Å². The van der Waals surface area contributed by atoms with E-state index in [2.05, 4.69) is 15.4 Å². The van der Waals surface area contributed by atoms with E-state index < -0.39 is 0 Å². The quantitative estimate of drug-likeness (QED) is 0.701. The minimum Gasteiger partial charge on any atom is -0.352 e. The Morgan fingerprint density at radius 2 is 1.93 bits per heavy atom. The van der Waals surface area contributed by atoms with Gasteiger partial charge in [-0.25, -0.2) is 4.68 Å². The van der Waals surface area contributed by atoms with E-state index in [0.29, 0.717) is 31.6 Å². The van der Waals surface area contributed by atoms with Crippen LogP contribution in [0.25, 0.3) is 11.3 Å². The molecule has 1 amide bonds. The number of hydrogen-bond acceptors (Lipinski definition) is 4. The van der Waals surface area contributed by atoms with Crippen LogP contribution in [-0.4, -0.2) is 20.7 Å². The molecular weight excluding hydrogens is 340 g/mol. The molecule has 0 spiro atoms. The van der Waals surface area contributed by atoms with Gasteiger partial charge in [0.2, 0.25) is 5.91 Å². The van der Waals surface area contributed by atoms with Crippen LogP contribution in [0.1, 0.15) is 24.0 Å². The van der Waals surface area contributed by atoms with Crippen LogP contribution in [0, 0.1) is 6.92 Å². The molecule has 3 rings (SSSR count). The number of carbonyl (C=O) groups is 1. The molecular formula is C21H22N4O2. The van der Waals surface area contributed by atoms with Gasteiger partial charge in [0.15, 0.2) is 0 Å². The number of amides is 1. The Morgan fingerprint density at radius 3 is 2.67 bits per heavy atom. The maximum atomic E-state index is 12.0. The van der Waals surface area contributed by atoms with Crippen molar-refractivity contribution in [3.05, 3.63) is 82.4 Å². The Labute approximate surface area is 157 Å². The molecule has 0 atom stereocenters. The van der Waals surface area contributed by atoms with Crippen molar-refractivity contribution in [3.63, 3.8) is 0 Å². The van der Waals surface area contributed by atoms with Crippen molar-refractivity contribution in [2.24, 2.45) is 0 Å². The predicted octanol–water partition coefficient (Wildman–Crippen LogP) is 2.71. The molecule has 0 aliphatic carbocycles. The normalized spacial score (nSPS) is 10.6. The highest BCUT2D eigenvalue weighted by Crippen LogP contribution is 2.12. The molecule has 0 saturated heterocycles. The topological polar surface area (TPSA) is 76.9 Å². The van der Waals surface area contributed by atoms with E-state index in [0.717, 1.165) is 11.1 Å². The largest absolute Gasteiger partial charge is 0.352 e. The molecule has 6 heteroatoms. The van der Waals surface area contributed by atoms with Gasteiger partial charge in [-0.3, -0.25) is 14.6 Å². The van der Waals surface area contributed by atoms with Gasteiger partial charge in [-0.1, -0.05) is 29.8 Å². The summed E-state index contributed by atoms with van der Waals surface area (Å²) in [4.78, 5) is 28.1. The lowest BCUT2D eigenvalue weighted by molar-refractivity contribution is -0.121. The third-order valence-electron chi connectivity index (χ3n) is 4.21. The van der Waals surface area contributed by atoms with Gasteiger partial charge in [0.05, 0.1) is 5.69 Å². The number of nitrogens with zero attached hydrogens (tertiary/aromatic N) is 3. The van der Waals surface area contributed by atoms with E-state index in [1.165, 1.54) is 16.3 Å². The molecule has 0 radical (unpaired) electrons. The maximum Gasteiger partial charge on any atom is 0.266 e. The Kier molecular flexibility index (Phi) is 6.10. The molecule has 1 aromatic carbocycles. The highest BCUT2D eigenvalue weighted by molar-refractivity contribution is 5.75. The van der Waals surface area contributed by atoms with Crippen LogP contribution in [0.2, 0.25) is 0 Å². The summed E-state index contributed by atoms with van der Waals surface area (Å²) in [5.74, 6) is -0.0352. The van der Waals surface area contributed by atoms with Crippen LogP contribution < -0.4 is 10.9 Å². The molecule has 27 heavy (non-hydrogen) atoms. The van der Waals surface area contributed by atoms with Gasteiger partial charge in [-0.2, -0.15) is 5.10 Å². The summed E-state index contributed by atoms with van der Waals surface area (Å²) in [6.07, 6.45) is 4.28. The molecule has 0 bridgehead atoms. The number of hydrogen-bond donors (Lipinski definition) is 1. The summed E-state index contributed by atoms with van der Waals surface area (Å²) in [6.45, 7) is 2.93. The van der Waals surface area contributed by atoms with Gasteiger partial charge in [-0.05, 0) is 37.1 Å². The fourth-order valence-corrected chi connectivity index (χ4v) is 2.66. The summed E-state index contributed by atoms with van der Waals surface area (Å²) < 4.78 is 1.40. The van der Waals surface area contributed by atoms with E-state index in [4.69, 9.17) is 0 Å². The Morgan fingerprint density at radius 1 is 1.11 bits per heavy atom. The van der Waals surface area contributed by atoms with Gasteiger partial charge < -0.3 is 5.32 Å². The lowest BCUT2D eigenvalue weighted by Crippen LogP contribution is -2.25. The molecule has 1 N–H and O–H groups in total. The van der Waals surface area contributed by atoms with Crippen molar-refractivity contribution in [1.29, 1.82) is 0 Å². The number of aromatic nitrogens is 3. The average molecular weight is 362 g/mol. The Bertz CT molecular complexity index is 950. The fraction of sp³-hybridized carbons (Fsp3) is 0.238. The molecule has 0 fully saturated rings. The molecule has 2 heterocycles. The number of nitrogens with one attached hydrogen (secondary N) is 1. The van der Waals surface area contributed by atoms with Crippen molar-refractivity contribution in [1.82, 2.24) is 20.1 Å². The van der Waals surface area contributed by atoms with Crippen LogP contribution in [0.15, 0.2) is 65.7 Å². The highest BCUT2D eigenvalue weighted by Gasteiger charge is 2.06. The van der Waals surface area contributed by atoms with Gasteiger partial charge in [0, 0.05) is 43.5 Å². The zero-order valence-electron chi connectivity index (χ0n) is 15.3. The minimum absolute atomic E-state index is 0.0352. The van der Waals surface area contributed by atoms with Gasteiger partial charge in [-0.15, -0.1) is 0 Å². The summed E-state index contributed by atoms with van der Waals surface area (Å²) in [6, 6.07) is 14.9. The number of rotatable bonds is 7. The molecule has 0 unspecified atom stereocenters. The monoisotopic (exact) mass is 362 g/mol. The lowest BCUT2D eigenvalue weighted by atomic mass is 10.1. The first-order valence-electron chi connectivity index (χ1n) is 8.92. The van der Waals surface area contributed by atoms with Crippen molar-refractivity contribution in [2.75, 3.05) is 0 Å². The number of aryl methyl sites for hydroxylation is 2. The number of pyridine rings is 1. The average Bonchev–Trinajstić information content (AvgIpc) is 2.69. The first-order chi connectivity index (χ1) is 13.1. The smallest absolute Gasteiger partial charge is 0.266 e. The predicted molar refractivity (Wildman–Crippen MR) is 104 cm³/mol. The summed E-state index contributed by atoms with van der Waals surface area (Å²) >= 11 is 0. The van der Waals surface area contributed by atoms with E-state index in [1.54, 1.807) is 18.5 Å². The Hall–Kier alpha value is -3.28. The van der Waals surface area contributed by atoms with E-state index >= 15 is 0 Å². The number of benzene rings is 1. The van der Waals surface area contributed by atoms with Gasteiger partial charge in [0.1, 0.15) is 0 Å². The van der Waals surface area contributed by atoms with Crippen LogP contribution in [0.4, 0.5) is 0 Å².